The fraction of sp³-hybridized carbons (Fsp3) is 0.700. The Hall–Kier alpha value is -0.540. The molecule has 0 saturated carbocycles. The lowest BCUT2D eigenvalue weighted by atomic mass is 10.2. The Bertz CT molecular complexity index is 284. The van der Waals surface area contributed by atoms with E-state index in [0.29, 0.717) is 0 Å². The van der Waals surface area contributed by atoms with Crippen molar-refractivity contribution in [3.8, 4) is 0 Å². The Morgan fingerprint density at radius 1 is 1.57 bits per heavy atom. The third-order valence-corrected chi connectivity index (χ3v) is 2.66. The van der Waals surface area contributed by atoms with Crippen LogP contribution in [0.5, 0.6) is 0 Å². The van der Waals surface area contributed by atoms with Gasteiger partial charge in [-0.2, -0.15) is 5.10 Å². The van der Waals surface area contributed by atoms with Crippen LogP contribution in [0.2, 0.25) is 5.02 Å². The molecule has 0 fully saturated rings. The Morgan fingerprint density at radius 3 is 2.79 bits per heavy atom. The van der Waals surface area contributed by atoms with E-state index in [2.05, 4.69) is 5.10 Å². The molecule has 0 aliphatic rings. The summed E-state index contributed by atoms with van der Waals surface area (Å²) >= 11 is 5.87. The second kappa shape index (κ2) is 5.37. The average molecular weight is 217 g/mol. The van der Waals surface area contributed by atoms with Crippen molar-refractivity contribution >= 4 is 11.6 Å². The van der Waals surface area contributed by atoms with E-state index >= 15 is 0 Å². The number of aryl methyl sites for hydroxylation is 1. The molecule has 0 aliphatic carbocycles. The van der Waals surface area contributed by atoms with Crippen molar-refractivity contribution in [2.75, 3.05) is 0 Å². The lowest BCUT2D eigenvalue weighted by Crippen LogP contribution is -2.04. The predicted molar refractivity (Wildman–Crippen MR) is 57.5 cm³/mol. The van der Waals surface area contributed by atoms with Gasteiger partial charge in [-0.15, -0.1) is 0 Å². The molecule has 0 radical (unpaired) electrons. The van der Waals surface area contributed by atoms with Crippen molar-refractivity contribution in [1.82, 2.24) is 9.78 Å². The summed E-state index contributed by atoms with van der Waals surface area (Å²) in [4.78, 5) is 0. The van der Waals surface area contributed by atoms with Gasteiger partial charge in [-0.3, -0.25) is 4.68 Å². The molecular formula is C10H17ClN2O. The van der Waals surface area contributed by atoms with Crippen molar-refractivity contribution in [3.05, 3.63) is 16.9 Å². The van der Waals surface area contributed by atoms with Gasteiger partial charge < -0.3 is 5.11 Å². The van der Waals surface area contributed by atoms with E-state index in [9.17, 15) is 0 Å². The zero-order valence-corrected chi connectivity index (χ0v) is 9.46. The van der Waals surface area contributed by atoms with Crippen LogP contribution in [-0.2, 0) is 6.54 Å². The second-order valence-corrected chi connectivity index (χ2v) is 4.05. The Labute approximate surface area is 89.7 Å². The van der Waals surface area contributed by atoms with Gasteiger partial charge in [-0.05, 0) is 33.1 Å². The first-order valence-corrected chi connectivity index (χ1v) is 5.35. The van der Waals surface area contributed by atoms with Crippen molar-refractivity contribution in [1.29, 1.82) is 0 Å². The Kier molecular flexibility index (Phi) is 4.42. The molecule has 0 aliphatic heterocycles. The number of halogens is 1. The summed E-state index contributed by atoms with van der Waals surface area (Å²) < 4.78 is 1.91. The maximum Gasteiger partial charge on any atom is 0.0814 e. The van der Waals surface area contributed by atoms with Crippen molar-refractivity contribution in [3.63, 3.8) is 0 Å². The fourth-order valence-electron chi connectivity index (χ4n) is 1.35. The van der Waals surface area contributed by atoms with Crippen LogP contribution in [0.4, 0.5) is 0 Å². The van der Waals surface area contributed by atoms with Gasteiger partial charge in [0, 0.05) is 6.54 Å². The summed E-state index contributed by atoms with van der Waals surface area (Å²) in [7, 11) is 0. The van der Waals surface area contributed by atoms with E-state index in [1.54, 1.807) is 6.20 Å². The minimum atomic E-state index is -0.197. The number of aliphatic hydroxyl groups is 1. The molecule has 0 saturated heterocycles. The van der Waals surface area contributed by atoms with Gasteiger partial charge in [0.2, 0.25) is 0 Å². The van der Waals surface area contributed by atoms with Crippen LogP contribution < -0.4 is 0 Å². The van der Waals surface area contributed by atoms with Crippen LogP contribution in [0.1, 0.15) is 31.9 Å². The normalized spacial score (nSPS) is 13.1. The van der Waals surface area contributed by atoms with E-state index in [0.717, 1.165) is 36.5 Å². The average Bonchev–Trinajstić information content (AvgIpc) is 2.43. The molecule has 0 spiro atoms. The Balaban J connectivity index is 2.28. The molecular weight excluding hydrogens is 200 g/mol. The van der Waals surface area contributed by atoms with Gasteiger partial charge in [-0.25, -0.2) is 0 Å². The van der Waals surface area contributed by atoms with E-state index in [1.165, 1.54) is 0 Å². The molecule has 4 heteroatoms. The minimum absolute atomic E-state index is 0.197. The number of nitrogens with zero attached hydrogens (tertiary/aromatic N) is 2. The lowest BCUT2D eigenvalue weighted by molar-refractivity contribution is 0.180. The summed E-state index contributed by atoms with van der Waals surface area (Å²) in [6.45, 7) is 4.66. The van der Waals surface area contributed by atoms with Gasteiger partial charge in [0.1, 0.15) is 0 Å². The van der Waals surface area contributed by atoms with Crippen LogP contribution >= 0.6 is 11.6 Å². The highest BCUT2D eigenvalue weighted by molar-refractivity contribution is 6.31. The zero-order chi connectivity index (χ0) is 10.6. The molecule has 0 amide bonds. The minimum Gasteiger partial charge on any atom is -0.393 e. The van der Waals surface area contributed by atoms with Gasteiger partial charge in [0.05, 0.1) is 23.0 Å². The largest absolute Gasteiger partial charge is 0.393 e. The van der Waals surface area contributed by atoms with Crippen LogP contribution in [-0.4, -0.2) is 21.0 Å². The molecule has 14 heavy (non-hydrogen) atoms. The van der Waals surface area contributed by atoms with Gasteiger partial charge in [-0.1, -0.05) is 11.6 Å². The van der Waals surface area contributed by atoms with Gasteiger partial charge >= 0.3 is 0 Å². The first-order valence-electron chi connectivity index (χ1n) is 4.97. The quantitative estimate of drug-likeness (QED) is 0.768. The lowest BCUT2D eigenvalue weighted by Gasteiger charge is -2.05. The van der Waals surface area contributed by atoms with E-state index in [1.807, 2.05) is 18.5 Å². The third-order valence-electron chi connectivity index (χ3n) is 2.29. The number of unbranched alkanes of at least 4 members (excludes halogenated alkanes) is 1. The van der Waals surface area contributed by atoms with E-state index in [-0.39, 0.29) is 6.10 Å². The van der Waals surface area contributed by atoms with Crippen molar-refractivity contribution in [2.24, 2.45) is 0 Å². The second-order valence-electron chi connectivity index (χ2n) is 3.65. The molecule has 1 N–H and O–H groups in total. The topological polar surface area (TPSA) is 38.0 Å². The summed E-state index contributed by atoms with van der Waals surface area (Å²) in [5, 5.41) is 13.9. The first-order chi connectivity index (χ1) is 6.61. The summed E-state index contributed by atoms with van der Waals surface area (Å²) in [6.07, 6.45) is 4.38. The maximum atomic E-state index is 9.06. The first kappa shape index (κ1) is 11.5. The van der Waals surface area contributed by atoms with E-state index < -0.39 is 0 Å². The molecule has 1 aromatic heterocycles. The van der Waals surface area contributed by atoms with Crippen molar-refractivity contribution in [2.45, 2.75) is 45.8 Å². The highest BCUT2D eigenvalue weighted by Crippen LogP contribution is 2.14. The molecule has 3 nitrogen and oxygen atoms in total. The molecule has 0 bridgehead atoms. The Morgan fingerprint density at radius 2 is 2.29 bits per heavy atom. The molecule has 1 rings (SSSR count). The zero-order valence-electron chi connectivity index (χ0n) is 8.70. The van der Waals surface area contributed by atoms with Crippen LogP contribution in [0.15, 0.2) is 6.20 Å². The molecule has 0 aromatic carbocycles. The molecule has 1 aromatic rings. The standard InChI is InChI=1S/C10H17ClN2O/c1-8(14)5-3-4-6-13-9(2)10(11)7-12-13/h7-8,14H,3-6H2,1-2H3. The number of aliphatic hydroxyl groups excluding tert-OH is 1. The highest BCUT2D eigenvalue weighted by Gasteiger charge is 2.03. The molecule has 1 heterocycles. The monoisotopic (exact) mass is 216 g/mol. The van der Waals surface area contributed by atoms with Crippen LogP contribution in [0.25, 0.3) is 0 Å². The van der Waals surface area contributed by atoms with Gasteiger partial charge in [0.15, 0.2) is 0 Å². The number of hydrogen-bond acceptors (Lipinski definition) is 2. The highest BCUT2D eigenvalue weighted by atomic mass is 35.5. The van der Waals surface area contributed by atoms with E-state index in [4.69, 9.17) is 16.7 Å². The summed E-state index contributed by atoms with van der Waals surface area (Å²) in [6, 6.07) is 0. The number of hydrogen-bond donors (Lipinski definition) is 1. The van der Waals surface area contributed by atoms with Crippen LogP contribution in [0.3, 0.4) is 0 Å². The third kappa shape index (κ3) is 3.31. The smallest absolute Gasteiger partial charge is 0.0814 e. The SMILES string of the molecule is Cc1c(Cl)cnn1CCCCC(C)O. The number of aromatic nitrogens is 2. The summed E-state index contributed by atoms with van der Waals surface area (Å²) in [5.74, 6) is 0. The maximum absolute atomic E-state index is 9.06. The molecule has 1 unspecified atom stereocenters. The number of rotatable bonds is 5. The molecule has 80 valence electrons. The van der Waals surface area contributed by atoms with Crippen LogP contribution in [0, 0.1) is 6.92 Å². The predicted octanol–water partition coefficient (Wildman–Crippen LogP) is 2.40. The summed E-state index contributed by atoms with van der Waals surface area (Å²) in [5.41, 5.74) is 1.02. The van der Waals surface area contributed by atoms with Gasteiger partial charge in [0.25, 0.3) is 0 Å². The molecule has 1 atom stereocenters. The fourth-order valence-corrected chi connectivity index (χ4v) is 1.49. The van der Waals surface area contributed by atoms with Crippen molar-refractivity contribution < 1.29 is 5.11 Å².